The maximum Gasteiger partial charge on any atom is 0.292 e. The van der Waals surface area contributed by atoms with E-state index in [1.165, 1.54) is 17.4 Å². The Kier molecular flexibility index (Phi) is 6.43. The first-order chi connectivity index (χ1) is 15.4. The maximum atomic E-state index is 13.1. The summed E-state index contributed by atoms with van der Waals surface area (Å²) >= 11 is 1.42. The van der Waals surface area contributed by atoms with E-state index in [1.807, 2.05) is 19.9 Å². The van der Waals surface area contributed by atoms with Crippen molar-refractivity contribution in [2.75, 3.05) is 25.6 Å². The molecule has 32 heavy (non-hydrogen) atoms. The zero-order chi connectivity index (χ0) is 22.8. The minimum Gasteiger partial charge on any atom is -0.450 e. The van der Waals surface area contributed by atoms with Gasteiger partial charge in [0, 0.05) is 24.6 Å². The fraction of sp³-hybridized carbons (Fsp3) is 0.375. The molecule has 2 heterocycles. The van der Waals surface area contributed by atoms with Crippen molar-refractivity contribution in [3.8, 4) is 0 Å². The molecule has 7 nitrogen and oxygen atoms in total. The number of fused-ring (bicyclic) bond motifs is 2. The summed E-state index contributed by atoms with van der Waals surface area (Å²) in [5.41, 5.74) is 3.42. The van der Waals surface area contributed by atoms with Gasteiger partial charge >= 0.3 is 0 Å². The molecule has 1 aliphatic rings. The molecule has 0 unspecified atom stereocenters. The van der Waals surface area contributed by atoms with Crippen LogP contribution in [0.4, 0.5) is 5.00 Å². The predicted molar refractivity (Wildman–Crippen MR) is 125 cm³/mol. The van der Waals surface area contributed by atoms with E-state index in [2.05, 4.69) is 10.6 Å². The Hall–Kier alpha value is -2.97. The summed E-state index contributed by atoms with van der Waals surface area (Å²) in [6, 6.07) is 4.78. The normalized spacial score (nSPS) is 13.1. The highest BCUT2D eigenvalue weighted by molar-refractivity contribution is 7.17. The van der Waals surface area contributed by atoms with Crippen LogP contribution in [0.25, 0.3) is 11.0 Å². The van der Waals surface area contributed by atoms with Crippen LogP contribution in [0.2, 0.25) is 0 Å². The molecule has 168 valence electrons. The Balaban J connectivity index is 1.69. The van der Waals surface area contributed by atoms with Gasteiger partial charge in [-0.2, -0.15) is 0 Å². The fourth-order valence-electron chi connectivity index (χ4n) is 3.98. The molecule has 0 atom stereocenters. The topological polar surface area (TPSA) is 97.6 Å². The molecule has 0 bridgehead atoms. The van der Waals surface area contributed by atoms with Gasteiger partial charge in [0.05, 0.1) is 17.6 Å². The maximum absolute atomic E-state index is 13.1. The highest BCUT2D eigenvalue weighted by Crippen LogP contribution is 2.38. The lowest BCUT2D eigenvalue weighted by Crippen LogP contribution is -2.28. The van der Waals surface area contributed by atoms with E-state index < -0.39 is 5.91 Å². The summed E-state index contributed by atoms with van der Waals surface area (Å²) in [5, 5.41) is 6.62. The Bertz CT molecular complexity index is 1260. The van der Waals surface area contributed by atoms with E-state index in [-0.39, 0.29) is 17.1 Å². The molecule has 0 radical (unpaired) electrons. The molecule has 1 aromatic carbocycles. The molecule has 3 aromatic rings. The largest absolute Gasteiger partial charge is 0.450 e. The molecule has 2 amide bonds. The summed E-state index contributed by atoms with van der Waals surface area (Å²) in [6.07, 6.45) is 3.76. The van der Waals surface area contributed by atoms with Crippen molar-refractivity contribution in [3.63, 3.8) is 0 Å². The standard InChI is InChI=1S/C24H26N2O5S/c1-13-8-9-15-17(27)12-18(31-21(15)14(13)2)22(28)26-24-20(23(29)25-10-11-30-3)16-6-4-5-7-19(16)32-24/h8-9,12H,4-7,10-11H2,1-3H3,(H,25,29)(H,26,28). The zero-order valence-corrected chi connectivity index (χ0v) is 19.2. The van der Waals surface area contributed by atoms with Crippen LogP contribution in [-0.4, -0.2) is 32.1 Å². The minimum absolute atomic E-state index is 0.0756. The van der Waals surface area contributed by atoms with Crippen molar-refractivity contribution >= 4 is 39.1 Å². The first-order valence-corrected chi connectivity index (χ1v) is 11.5. The lowest BCUT2D eigenvalue weighted by Gasteiger charge is -2.13. The summed E-state index contributed by atoms with van der Waals surface area (Å²) in [6.45, 7) is 4.57. The average molecular weight is 455 g/mol. The second-order valence-electron chi connectivity index (χ2n) is 7.98. The number of benzene rings is 1. The Labute approximate surface area is 189 Å². The van der Waals surface area contributed by atoms with Gasteiger partial charge in [-0.1, -0.05) is 6.07 Å². The van der Waals surface area contributed by atoms with E-state index in [0.717, 1.165) is 47.3 Å². The lowest BCUT2D eigenvalue weighted by atomic mass is 9.95. The van der Waals surface area contributed by atoms with Crippen LogP contribution in [0.15, 0.2) is 27.4 Å². The third-order valence-corrected chi connectivity index (χ3v) is 7.06. The average Bonchev–Trinajstić information content (AvgIpc) is 3.14. The van der Waals surface area contributed by atoms with Crippen LogP contribution >= 0.6 is 11.3 Å². The number of carbonyl (C=O) groups excluding carboxylic acids is 2. The van der Waals surface area contributed by atoms with Gasteiger partial charge in [0.2, 0.25) is 0 Å². The number of hydrogen-bond acceptors (Lipinski definition) is 6. The van der Waals surface area contributed by atoms with Gasteiger partial charge in [0.1, 0.15) is 10.6 Å². The number of thiophene rings is 1. The number of methoxy groups -OCH3 is 1. The number of hydrogen-bond donors (Lipinski definition) is 2. The van der Waals surface area contributed by atoms with E-state index in [1.54, 1.807) is 13.2 Å². The first-order valence-electron chi connectivity index (χ1n) is 10.7. The number of carbonyl (C=O) groups is 2. The van der Waals surface area contributed by atoms with Crippen LogP contribution in [0.1, 0.15) is 55.3 Å². The van der Waals surface area contributed by atoms with Gasteiger partial charge in [0.15, 0.2) is 11.2 Å². The van der Waals surface area contributed by atoms with Gasteiger partial charge in [-0.25, -0.2) is 0 Å². The molecule has 0 saturated carbocycles. The third kappa shape index (κ3) is 4.20. The molecule has 1 aliphatic carbocycles. The highest BCUT2D eigenvalue weighted by atomic mass is 32.1. The number of aryl methyl sites for hydroxylation is 3. The van der Waals surface area contributed by atoms with Gasteiger partial charge < -0.3 is 19.8 Å². The molecule has 0 fully saturated rings. The quantitative estimate of drug-likeness (QED) is 0.549. The molecule has 0 saturated heterocycles. The van der Waals surface area contributed by atoms with Gasteiger partial charge in [0.25, 0.3) is 11.8 Å². The van der Waals surface area contributed by atoms with Crippen molar-refractivity contribution in [3.05, 3.63) is 61.3 Å². The number of nitrogens with one attached hydrogen (secondary N) is 2. The van der Waals surface area contributed by atoms with E-state index >= 15 is 0 Å². The molecular weight excluding hydrogens is 428 g/mol. The number of anilines is 1. The van der Waals surface area contributed by atoms with Gasteiger partial charge in [-0.05, 0) is 62.3 Å². The Morgan fingerprint density at radius 2 is 1.94 bits per heavy atom. The van der Waals surface area contributed by atoms with Crippen molar-refractivity contribution in [2.24, 2.45) is 0 Å². The number of amides is 2. The highest BCUT2D eigenvalue weighted by Gasteiger charge is 2.27. The molecule has 0 spiro atoms. The zero-order valence-electron chi connectivity index (χ0n) is 18.4. The summed E-state index contributed by atoms with van der Waals surface area (Å²) < 4.78 is 10.9. The van der Waals surface area contributed by atoms with Crippen molar-refractivity contribution in [2.45, 2.75) is 39.5 Å². The smallest absolute Gasteiger partial charge is 0.292 e. The van der Waals surface area contributed by atoms with Crippen molar-refractivity contribution < 1.29 is 18.7 Å². The number of ether oxygens (including phenoxy) is 1. The SMILES string of the molecule is COCCNC(=O)c1c(NC(=O)c2cc(=O)c3ccc(C)c(C)c3o2)sc2c1CCCC2. The van der Waals surface area contributed by atoms with Crippen LogP contribution in [0.5, 0.6) is 0 Å². The predicted octanol–water partition coefficient (Wildman–Crippen LogP) is 3.98. The monoisotopic (exact) mass is 454 g/mol. The van der Waals surface area contributed by atoms with Gasteiger partial charge in [-0.3, -0.25) is 14.4 Å². The van der Waals surface area contributed by atoms with Crippen LogP contribution in [0.3, 0.4) is 0 Å². The van der Waals surface area contributed by atoms with E-state index in [4.69, 9.17) is 9.15 Å². The second-order valence-corrected chi connectivity index (χ2v) is 9.08. The molecule has 8 heteroatoms. The van der Waals surface area contributed by atoms with Crippen LogP contribution in [-0.2, 0) is 17.6 Å². The lowest BCUT2D eigenvalue weighted by molar-refractivity contribution is 0.0937. The summed E-state index contributed by atoms with van der Waals surface area (Å²) in [4.78, 5) is 39.7. The third-order valence-electron chi connectivity index (χ3n) is 5.86. The van der Waals surface area contributed by atoms with Crippen molar-refractivity contribution in [1.29, 1.82) is 0 Å². The van der Waals surface area contributed by atoms with Gasteiger partial charge in [-0.15, -0.1) is 11.3 Å². The number of rotatable bonds is 6. The second kappa shape index (κ2) is 9.26. The van der Waals surface area contributed by atoms with Crippen LogP contribution in [0, 0.1) is 13.8 Å². The summed E-state index contributed by atoms with van der Waals surface area (Å²) in [7, 11) is 1.57. The Morgan fingerprint density at radius 3 is 2.72 bits per heavy atom. The molecule has 2 N–H and O–H groups in total. The molecule has 4 rings (SSSR count). The van der Waals surface area contributed by atoms with Crippen molar-refractivity contribution in [1.82, 2.24) is 5.32 Å². The van der Waals surface area contributed by atoms with Crippen LogP contribution < -0.4 is 16.1 Å². The first kappa shape index (κ1) is 22.2. The Morgan fingerprint density at radius 1 is 1.16 bits per heavy atom. The minimum atomic E-state index is -0.547. The van der Waals surface area contributed by atoms with E-state index in [0.29, 0.717) is 34.7 Å². The van der Waals surface area contributed by atoms with E-state index in [9.17, 15) is 14.4 Å². The molecule has 0 aliphatic heterocycles. The summed E-state index contributed by atoms with van der Waals surface area (Å²) in [5.74, 6) is -0.856. The molecular formula is C24H26N2O5S. The molecule has 2 aromatic heterocycles. The fourth-order valence-corrected chi connectivity index (χ4v) is 5.26.